The molecule has 1 fully saturated rings. The zero-order valence-electron chi connectivity index (χ0n) is 11.5. The Bertz CT molecular complexity index is 565. The van der Waals surface area contributed by atoms with E-state index in [4.69, 9.17) is 9.47 Å². The van der Waals surface area contributed by atoms with Gasteiger partial charge in [-0.1, -0.05) is 25.0 Å². The van der Waals surface area contributed by atoms with Crippen molar-refractivity contribution in [3.05, 3.63) is 24.3 Å². The van der Waals surface area contributed by atoms with E-state index in [0.717, 1.165) is 12.8 Å². The van der Waals surface area contributed by atoms with E-state index in [1.165, 1.54) is 0 Å². The molecule has 1 aliphatic carbocycles. The molecule has 112 valence electrons. The summed E-state index contributed by atoms with van der Waals surface area (Å²) in [4.78, 5) is 23.7. The van der Waals surface area contributed by atoms with Crippen LogP contribution in [0.2, 0.25) is 0 Å². The summed E-state index contributed by atoms with van der Waals surface area (Å²) in [7, 11) is 0. The summed E-state index contributed by atoms with van der Waals surface area (Å²) < 4.78 is 11.1. The van der Waals surface area contributed by atoms with Crippen LogP contribution in [0.1, 0.15) is 25.7 Å². The van der Waals surface area contributed by atoms with Crippen molar-refractivity contribution in [3.63, 3.8) is 0 Å². The van der Waals surface area contributed by atoms with Crippen molar-refractivity contribution < 1.29 is 24.2 Å². The maximum absolute atomic E-state index is 12.3. The average molecular weight is 291 g/mol. The number of carbonyl (C=O) groups is 2. The van der Waals surface area contributed by atoms with Crippen LogP contribution in [0.4, 0.5) is 0 Å². The van der Waals surface area contributed by atoms with Gasteiger partial charge in [-0.2, -0.15) is 0 Å². The molecule has 3 rings (SSSR count). The van der Waals surface area contributed by atoms with Crippen molar-refractivity contribution >= 4 is 11.9 Å². The Kier molecular flexibility index (Phi) is 3.45. The van der Waals surface area contributed by atoms with Gasteiger partial charge in [0.1, 0.15) is 12.1 Å². The van der Waals surface area contributed by atoms with Gasteiger partial charge in [-0.15, -0.1) is 0 Å². The molecule has 2 aliphatic rings. The van der Waals surface area contributed by atoms with Gasteiger partial charge in [0.05, 0.1) is 0 Å². The van der Waals surface area contributed by atoms with E-state index in [1.54, 1.807) is 18.2 Å². The Balaban J connectivity index is 1.71. The highest BCUT2D eigenvalue weighted by molar-refractivity contribution is 5.89. The highest BCUT2D eigenvalue weighted by Crippen LogP contribution is 2.33. The SMILES string of the molecule is O=C(NC1(C(=O)O)CCCC1)[C@H]1COc2ccccc2O1. The van der Waals surface area contributed by atoms with E-state index in [9.17, 15) is 14.7 Å². The molecule has 1 aliphatic heterocycles. The van der Waals surface area contributed by atoms with Crippen LogP contribution in [0.25, 0.3) is 0 Å². The van der Waals surface area contributed by atoms with Gasteiger partial charge in [-0.25, -0.2) is 4.79 Å². The third-order valence-corrected chi connectivity index (χ3v) is 4.03. The van der Waals surface area contributed by atoms with Crippen LogP contribution in [0.5, 0.6) is 11.5 Å². The normalized spacial score (nSPS) is 22.6. The lowest BCUT2D eigenvalue weighted by Crippen LogP contribution is -2.57. The summed E-state index contributed by atoms with van der Waals surface area (Å²) in [5.41, 5.74) is -1.16. The summed E-state index contributed by atoms with van der Waals surface area (Å²) in [6.07, 6.45) is 1.70. The number of ether oxygens (including phenoxy) is 2. The number of aliphatic carboxylic acids is 1. The van der Waals surface area contributed by atoms with Crippen LogP contribution >= 0.6 is 0 Å². The minimum Gasteiger partial charge on any atom is -0.485 e. The fraction of sp³-hybridized carbons (Fsp3) is 0.467. The summed E-state index contributed by atoms with van der Waals surface area (Å²) >= 11 is 0. The number of carboxylic acids is 1. The molecular formula is C15H17NO5. The summed E-state index contributed by atoms with van der Waals surface area (Å²) in [5.74, 6) is -0.325. The second kappa shape index (κ2) is 5.27. The number of benzene rings is 1. The van der Waals surface area contributed by atoms with Gasteiger partial charge >= 0.3 is 5.97 Å². The van der Waals surface area contributed by atoms with Crippen LogP contribution in [0.15, 0.2) is 24.3 Å². The second-order valence-electron chi connectivity index (χ2n) is 5.45. The van der Waals surface area contributed by atoms with Gasteiger partial charge in [-0.3, -0.25) is 4.79 Å². The van der Waals surface area contributed by atoms with Crippen LogP contribution in [-0.2, 0) is 9.59 Å². The van der Waals surface area contributed by atoms with E-state index in [-0.39, 0.29) is 6.61 Å². The topological polar surface area (TPSA) is 84.9 Å². The van der Waals surface area contributed by atoms with Crippen LogP contribution in [0, 0.1) is 0 Å². The van der Waals surface area contributed by atoms with Crippen molar-refractivity contribution in [1.29, 1.82) is 0 Å². The first-order valence-corrected chi connectivity index (χ1v) is 7.05. The largest absolute Gasteiger partial charge is 0.485 e. The average Bonchev–Trinajstić information content (AvgIpc) is 2.96. The van der Waals surface area contributed by atoms with E-state index in [1.807, 2.05) is 6.07 Å². The van der Waals surface area contributed by atoms with Gasteiger partial charge < -0.3 is 19.9 Å². The number of carboxylic acid groups (broad SMARTS) is 1. The molecule has 1 aromatic carbocycles. The van der Waals surface area contributed by atoms with Crippen molar-refractivity contribution in [2.24, 2.45) is 0 Å². The van der Waals surface area contributed by atoms with Crippen LogP contribution in [0.3, 0.4) is 0 Å². The maximum Gasteiger partial charge on any atom is 0.329 e. The lowest BCUT2D eigenvalue weighted by molar-refractivity contribution is -0.149. The lowest BCUT2D eigenvalue weighted by atomic mass is 9.97. The lowest BCUT2D eigenvalue weighted by Gasteiger charge is -2.30. The number of rotatable bonds is 3. The number of hydrogen-bond donors (Lipinski definition) is 2. The number of hydrogen-bond acceptors (Lipinski definition) is 4. The van der Waals surface area contributed by atoms with Gasteiger partial charge in [0.2, 0.25) is 6.10 Å². The fourth-order valence-corrected chi connectivity index (χ4v) is 2.84. The van der Waals surface area contributed by atoms with Crippen molar-refractivity contribution in [1.82, 2.24) is 5.32 Å². The predicted octanol–water partition coefficient (Wildman–Crippen LogP) is 1.34. The number of amides is 1. The molecule has 1 heterocycles. The number of nitrogens with one attached hydrogen (secondary N) is 1. The van der Waals surface area contributed by atoms with Gasteiger partial charge in [0.15, 0.2) is 11.5 Å². The van der Waals surface area contributed by atoms with Gasteiger partial charge in [0, 0.05) is 0 Å². The Morgan fingerprint density at radius 2 is 1.86 bits per heavy atom. The minimum atomic E-state index is -1.16. The molecule has 0 saturated heterocycles. The number of fused-ring (bicyclic) bond motifs is 1. The highest BCUT2D eigenvalue weighted by atomic mass is 16.6. The molecule has 21 heavy (non-hydrogen) atoms. The third kappa shape index (κ3) is 2.53. The molecule has 0 spiro atoms. The maximum atomic E-state index is 12.3. The number of para-hydroxylation sites is 2. The van der Waals surface area contributed by atoms with Gasteiger partial charge in [-0.05, 0) is 25.0 Å². The summed E-state index contributed by atoms with van der Waals surface area (Å²) in [5, 5.41) is 12.0. The van der Waals surface area contributed by atoms with E-state index >= 15 is 0 Å². The Hall–Kier alpha value is -2.24. The summed E-state index contributed by atoms with van der Waals surface area (Å²) in [6.45, 7) is 0.0819. The molecule has 1 amide bonds. The van der Waals surface area contributed by atoms with E-state index < -0.39 is 23.5 Å². The first-order chi connectivity index (χ1) is 10.1. The minimum absolute atomic E-state index is 0.0819. The molecule has 6 nitrogen and oxygen atoms in total. The van der Waals surface area contributed by atoms with Crippen LogP contribution in [-0.4, -0.2) is 35.2 Å². The van der Waals surface area contributed by atoms with Gasteiger partial charge in [0.25, 0.3) is 5.91 Å². The molecular weight excluding hydrogens is 274 g/mol. The zero-order chi connectivity index (χ0) is 14.9. The van der Waals surface area contributed by atoms with Crippen molar-refractivity contribution in [2.45, 2.75) is 37.3 Å². The Morgan fingerprint density at radius 1 is 1.19 bits per heavy atom. The van der Waals surface area contributed by atoms with Crippen molar-refractivity contribution in [3.8, 4) is 11.5 Å². The molecule has 2 N–H and O–H groups in total. The molecule has 0 aromatic heterocycles. The highest BCUT2D eigenvalue weighted by Gasteiger charge is 2.44. The molecule has 0 bridgehead atoms. The molecule has 1 aromatic rings. The van der Waals surface area contributed by atoms with E-state index in [2.05, 4.69) is 5.32 Å². The molecule has 1 atom stereocenters. The first kappa shape index (κ1) is 13.7. The molecule has 1 saturated carbocycles. The molecule has 0 radical (unpaired) electrons. The van der Waals surface area contributed by atoms with E-state index in [0.29, 0.717) is 24.3 Å². The third-order valence-electron chi connectivity index (χ3n) is 4.03. The quantitative estimate of drug-likeness (QED) is 0.878. The Labute approximate surface area is 122 Å². The monoisotopic (exact) mass is 291 g/mol. The molecule has 0 unspecified atom stereocenters. The Morgan fingerprint density at radius 3 is 2.52 bits per heavy atom. The smallest absolute Gasteiger partial charge is 0.329 e. The number of carbonyl (C=O) groups excluding carboxylic acids is 1. The first-order valence-electron chi connectivity index (χ1n) is 7.05. The molecule has 6 heteroatoms. The predicted molar refractivity (Wildman–Crippen MR) is 73.3 cm³/mol. The second-order valence-corrected chi connectivity index (χ2v) is 5.45. The van der Waals surface area contributed by atoms with Crippen LogP contribution < -0.4 is 14.8 Å². The van der Waals surface area contributed by atoms with Crippen molar-refractivity contribution in [2.75, 3.05) is 6.61 Å². The standard InChI is InChI=1S/C15H17NO5/c17-13(16-15(14(18)19)7-3-4-8-15)12-9-20-10-5-1-2-6-11(10)21-12/h1-2,5-6,12H,3-4,7-9H2,(H,16,17)(H,18,19)/t12-/m1/s1. The fourth-order valence-electron chi connectivity index (χ4n) is 2.84. The summed E-state index contributed by atoms with van der Waals surface area (Å²) in [6, 6.07) is 7.09. The zero-order valence-corrected chi connectivity index (χ0v) is 11.5.